The number of nitrogens with zero attached hydrogens (tertiary/aromatic N) is 2. The van der Waals surface area contributed by atoms with Gasteiger partial charge in [0.05, 0.1) is 5.69 Å². The molecule has 1 aromatic carbocycles. The van der Waals surface area contributed by atoms with Gasteiger partial charge in [0.1, 0.15) is 11.1 Å². The van der Waals surface area contributed by atoms with Crippen LogP contribution in [0.1, 0.15) is 40.7 Å². The molecule has 3 amide bonds. The summed E-state index contributed by atoms with van der Waals surface area (Å²) < 4.78 is 0. The molecule has 9 nitrogen and oxygen atoms in total. The normalized spacial score (nSPS) is 17.9. The molecule has 0 saturated heterocycles. The fraction of sp³-hybridized carbons (Fsp3) is 0.381. The highest BCUT2D eigenvalue weighted by Crippen LogP contribution is 2.29. The summed E-state index contributed by atoms with van der Waals surface area (Å²) in [5.74, 6) is -0.533. The summed E-state index contributed by atoms with van der Waals surface area (Å²) in [5, 5.41) is 6.16. The van der Waals surface area contributed by atoms with Crippen molar-refractivity contribution < 1.29 is 14.4 Å². The summed E-state index contributed by atoms with van der Waals surface area (Å²) in [6.45, 7) is 4.18. The van der Waals surface area contributed by atoms with Gasteiger partial charge >= 0.3 is 0 Å². The number of carbonyl (C=O) groups excluding carboxylic acids is 3. The molecule has 2 aromatic rings. The smallest absolute Gasteiger partial charge is 0.251 e. The Balaban J connectivity index is 1.98. The summed E-state index contributed by atoms with van der Waals surface area (Å²) >= 11 is 1.37. The molecule has 1 atom stereocenters. The Morgan fingerprint density at radius 2 is 1.87 bits per heavy atom. The predicted octanol–water partition coefficient (Wildman–Crippen LogP) is 1.32. The van der Waals surface area contributed by atoms with E-state index in [1.54, 1.807) is 6.07 Å². The van der Waals surface area contributed by atoms with Crippen LogP contribution in [0.5, 0.6) is 0 Å². The van der Waals surface area contributed by atoms with E-state index in [0.29, 0.717) is 41.4 Å². The molecule has 0 radical (unpaired) electrons. The molecular weight excluding hydrogens is 416 g/mol. The number of hydrogen-bond acceptors (Lipinski definition) is 7. The molecule has 4 bridgehead atoms. The Labute approximate surface area is 184 Å². The minimum atomic E-state index is -0.779. The van der Waals surface area contributed by atoms with Crippen LogP contribution >= 0.6 is 11.8 Å². The van der Waals surface area contributed by atoms with Crippen molar-refractivity contribution in [1.29, 1.82) is 0 Å². The summed E-state index contributed by atoms with van der Waals surface area (Å²) in [5.41, 5.74) is 15.1. The number of fused-ring (bicyclic) bond motifs is 5. The number of carbonyl (C=O) groups is 3. The molecule has 0 spiro atoms. The van der Waals surface area contributed by atoms with Gasteiger partial charge in [0.15, 0.2) is 0 Å². The third-order valence-corrected chi connectivity index (χ3v) is 5.94. The third-order valence-electron chi connectivity index (χ3n) is 5.02. The van der Waals surface area contributed by atoms with Crippen LogP contribution in [0, 0.1) is 13.8 Å². The van der Waals surface area contributed by atoms with Crippen molar-refractivity contribution in [3.8, 4) is 11.3 Å². The molecular formula is C21H26N6O3S. The Morgan fingerprint density at radius 1 is 1.13 bits per heavy atom. The number of aromatic nitrogens is 2. The SMILES string of the molecule is Cc1cc(C)c2cc1C(=O)NCCCC(C(N)=O)NC(=O)CCSc1cc-2nc(N)n1. The van der Waals surface area contributed by atoms with Crippen LogP contribution in [0.4, 0.5) is 5.95 Å². The first kappa shape index (κ1) is 22.5. The van der Waals surface area contributed by atoms with Gasteiger partial charge in [-0.15, -0.1) is 11.8 Å². The van der Waals surface area contributed by atoms with Crippen molar-refractivity contribution in [3.05, 3.63) is 34.9 Å². The molecule has 6 N–H and O–H groups in total. The molecule has 0 aliphatic carbocycles. The average molecular weight is 443 g/mol. The van der Waals surface area contributed by atoms with E-state index in [0.717, 1.165) is 16.7 Å². The lowest BCUT2D eigenvalue weighted by Gasteiger charge is -2.16. The van der Waals surface area contributed by atoms with E-state index in [1.165, 1.54) is 11.8 Å². The summed E-state index contributed by atoms with van der Waals surface area (Å²) in [6, 6.07) is 4.77. The zero-order valence-corrected chi connectivity index (χ0v) is 18.3. The van der Waals surface area contributed by atoms with E-state index in [4.69, 9.17) is 11.5 Å². The maximum atomic E-state index is 12.8. The Morgan fingerprint density at radius 3 is 2.61 bits per heavy atom. The maximum Gasteiger partial charge on any atom is 0.251 e. The van der Waals surface area contributed by atoms with Crippen LogP contribution in [0.3, 0.4) is 0 Å². The number of rotatable bonds is 1. The molecule has 1 unspecified atom stereocenters. The van der Waals surface area contributed by atoms with Crippen LogP contribution in [0.2, 0.25) is 0 Å². The van der Waals surface area contributed by atoms with Crippen molar-refractivity contribution in [2.75, 3.05) is 18.0 Å². The number of nitrogens with one attached hydrogen (secondary N) is 2. The topological polar surface area (TPSA) is 153 Å². The lowest BCUT2D eigenvalue weighted by Crippen LogP contribution is -2.44. The number of aryl methyl sites for hydroxylation is 2. The van der Waals surface area contributed by atoms with Gasteiger partial charge in [-0.05, 0) is 49.9 Å². The van der Waals surface area contributed by atoms with Crippen LogP contribution in [-0.4, -0.2) is 46.0 Å². The fourth-order valence-electron chi connectivity index (χ4n) is 3.43. The second kappa shape index (κ2) is 9.78. The first-order valence-corrected chi connectivity index (χ1v) is 11.0. The van der Waals surface area contributed by atoms with Crippen LogP contribution < -0.4 is 22.1 Å². The Kier molecular flexibility index (Phi) is 7.11. The highest BCUT2D eigenvalue weighted by atomic mass is 32.2. The van der Waals surface area contributed by atoms with Gasteiger partial charge in [0.25, 0.3) is 5.91 Å². The van der Waals surface area contributed by atoms with E-state index in [1.807, 2.05) is 26.0 Å². The standard InChI is InChI=1S/C21H26N6O3S/c1-11-8-12(2)14-9-13(11)16-10-18(27-21(23)26-16)31-7-5-17(28)25-15(19(22)29)4-3-6-24-20(14)30/h8-10,15H,3-7H2,1-2H3,(H2,22,29)(H,24,30)(H,25,28)(H2,23,26,27). The van der Waals surface area contributed by atoms with E-state index >= 15 is 0 Å². The van der Waals surface area contributed by atoms with Gasteiger partial charge in [-0.3, -0.25) is 14.4 Å². The zero-order chi connectivity index (χ0) is 22.5. The van der Waals surface area contributed by atoms with Crippen molar-refractivity contribution >= 4 is 35.4 Å². The second-order valence-electron chi connectivity index (χ2n) is 7.45. The molecule has 10 heteroatoms. The van der Waals surface area contributed by atoms with E-state index in [2.05, 4.69) is 20.6 Å². The number of thioether (sulfide) groups is 1. The minimum Gasteiger partial charge on any atom is -0.368 e. The number of benzene rings is 1. The van der Waals surface area contributed by atoms with Gasteiger partial charge in [0, 0.05) is 29.8 Å². The summed E-state index contributed by atoms with van der Waals surface area (Å²) in [6.07, 6.45) is 1.03. The maximum absolute atomic E-state index is 12.8. The van der Waals surface area contributed by atoms with E-state index < -0.39 is 11.9 Å². The molecule has 1 aromatic heterocycles. The first-order valence-electron chi connectivity index (χ1n) is 10.0. The highest BCUT2D eigenvalue weighted by molar-refractivity contribution is 7.99. The van der Waals surface area contributed by atoms with E-state index in [9.17, 15) is 14.4 Å². The molecule has 3 rings (SSSR count). The van der Waals surface area contributed by atoms with Crippen LogP contribution in [0.25, 0.3) is 11.3 Å². The summed E-state index contributed by atoms with van der Waals surface area (Å²) in [4.78, 5) is 45.3. The third kappa shape index (κ3) is 5.72. The van der Waals surface area contributed by atoms with Crippen molar-refractivity contribution in [2.24, 2.45) is 5.73 Å². The number of nitrogen functional groups attached to an aromatic ring is 1. The molecule has 31 heavy (non-hydrogen) atoms. The lowest BCUT2D eigenvalue weighted by atomic mass is 9.97. The van der Waals surface area contributed by atoms with Crippen molar-refractivity contribution in [2.45, 2.75) is 44.2 Å². The molecule has 1 aliphatic heterocycles. The average Bonchev–Trinajstić information content (AvgIpc) is 2.69. The number of anilines is 1. The van der Waals surface area contributed by atoms with E-state index in [-0.39, 0.29) is 24.2 Å². The predicted molar refractivity (Wildman–Crippen MR) is 119 cm³/mol. The quantitative estimate of drug-likeness (QED) is 0.486. The van der Waals surface area contributed by atoms with Gasteiger partial charge in [-0.2, -0.15) is 0 Å². The highest BCUT2D eigenvalue weighted by Gasteiger charge is 2.19. The lowest BCUT2D eigenvalue weighted by molar-refractivity contribution is -0.127. The number of primary amides is 1. The molecule has 0 saturated carbocycles. The zero-order valence-electron chi connectivity index (χ0n) is 17.5. The van der Waals surface area contributed by atoms with Crippen molar-refractivity contribution in [1.82, 2.24) is 20.6 Å². The van der Waals surface area contributed by atoms with Gasteiger partial charge < -0.3 is 22.1 Å². The largest absolute Gasteiger partial charge is 0.368 e. The number of nitrogens with two attached hydrogens (primary N) is 2. The molecule has 1 aliphatic rings. The monoisotopic (exact) mass is 442 g/mol. The minimum absolute atomic E-state index is 0.113. The Bertz CT molecular complexity index is 1030. The Hall–Kier alpha value is -3.14. The molecule has 2 heterocycles. The van der Waals surface area contributed by atoms with Crippen LogP contribution in [0.15, 0.2) is 23.2 Å². The number of hydrogen-bond donors (Lipinski definition) is 4. The van der Waals surface area contributed by atoms with Gasteiger partial charge in [0.2, 0.25) is 17.8 Å². The molecule has 0 fully saturated rings. The molecule has 164 valence electrons. The fourth-order valence-corrected chi connectivity index (χ4v) is 4.28. The van der Waals surface area contributed by atoms with Gasteiger partial charge in [-0.1, -0.05) is 6.07 Å². The number of amides is 3. The first-order chi connectivity index (χ1) is 14.7. The van der Waals surface area contributed by atoms with Crippen LogP contribution in [-0.2, 0) is 9.59 Å². The van der Waals surface area contributed by atoms with Crippen molar-refractivity contribution in [3.63, 3.8) is 0 Å². The second-order valence-corrected chi connectivity index (χ2v) is 8.57. The summed E-state index contributed by atoms with van der Waals surface area (Å²) in [7, 11) is 0. The van der Waals surface area contributed by atoms with Gasteiger partial charge in [-0.25, -0.2) is 9.97 Å².